The fourth-order valence-corrected chi connectivity index (χ4v) is 1.79. The molecule has 5 N–H and O–H groups in total. The molecule has 1 aromatic rings. The Balaban J connectivity index is 2.35. The normalized spacial score (nSPS) is 32.9. The first-order chi connectivity index (χ1) is 8.04. The van der Waals surface area contributed by atoms with E-state index < -0.39 is 42.3 Å². The van der Waals surface area contributed by atoms with Gasteiger partial charge in [-0.05, 0) is 0 Å². The summed E-state index contributed by atoms with van der Waals surface area (Å²) in [5, 5.41) is 28.1. The van der Waals surface area contributed by atoms with Gasteiger partial charge in [0, 0.05) is 6.20 Å². The Morgan fingerprint density at radius 1 is 1.29 bits per heavy atom. The van der Waals surface area contributed by atoms with Crippen molar-refractivity contribution >= 4 is 0 Å². The molecule has 0 saturated carbocycles. The van der Waals surface area contributed by atoms with Gasteiger partial charge in [0.2, 0.25) is 0 Å². The number of aromatic amines is 2. The maximum atomic E-state index is 11.5. The highest BCUT2D eigenvalue weighted by atomic mass is 16.6. The molecule has 2 heterocycles. The van der Waals surface area contributed by atoms with Gasteiger partial charge in [0.15, 0.2) is 0 Å². The number of aliphatic hydroxyl groups is 3. The summed E-state index contributed by atoms with van der Waals surface area (Å²) in [4.78, 5) is 26.5. The molecule has 17 heavy (non-hydrogen) atoms. The van der Waals surface area contributed by atoms with E-state index in [2.05, 4.69) is 4.98 Å². The van der Waals surface area contributed by atoms with Crippen LogP contribution in [0.15, 0.2) is 15.8 Å². The molecule has 1 aliphatic rings. The van der Waals surface area contributed by atoms with Crippen molar-refractivity contribution in [1.29, 1.82) is 0 Å². The predicted octanol–water partition coefficient (Wildman–Crippen LogP) is -2.78. The van der Waals surface area contributed by atoms with E-state index in [4.69, 9.17) is 9.84 Å². The zero-order valence-electron chi connectivity index (χ0n) is 8.66. The Bertz CT molecular complexity index is 509. The molecule has 0 spiro atoms. The molecule has 2 rings (SSSR count). The van der Waals surface area contributed by atoms with Gasteiger partial charge >= 0.3 is 5.69 Å². The third-order valence-corrected chi connectivity index (χ3v) is 2.70. The lowest BCUT2D eigenvalue weighted by Gasteiger charge is -2.13. The van der Waals surface area contributed by atoms with Crippen LogP contribution in [0.2, 0.25) is 0 Å². The number of aromatic nitrogens is 2. The molecule has 1 aliphatic heterocycles. The summed E-state index contributed by atoms with van der Waals surface area (Å²) in [6.45, 7) is -0.476. The highest BCUT2D eigenvalue weighted by molar-refractivity contribution is 5.13. The minimum absolute atomic E-state index is 0.00731. The van der Waals surface area contributed by atoms with E-state index in [1.807, 2.05) is 4.98 Å². The minimum Gasteiger partial charge on any atom is -0.394 e. The van der Waals surface area contributed by atoms with Gasteiger partial charge in [0.1, 0.15) is 24.4 Å². The monoisotopic (exact) mass is 245 g/mol. The fourth-order valence-electron chi connectivity index (χ4n) is 1.79. The molecule has 0 bridgehead atoms. The number of nitrogens with one attached hydrogen (secondary N) is 2. The first-order valence-corrected chi connectivity index (χ1v) is 4.99. The van der Waals surface area contributed by atoms with Crippen molar-refractivity contribution in [2.45, 2.75) is 24.4 Å². The van der Waals surface area contributed by atoms with Crippen molar-refractivity contribution in [3.8, 4) is 0 Å². The Kier molecular flexibility index (Phi) is 3.11. The average molecular weight is 245 g/mol. The van der Waals surface area contributed by atoms with Crippen LogP contribution >= 0.6 is 0 Å². The summed E-state index contributed by atoms with van der Waals surface area (Å²) < 4.78 is 5.15. The number of hydrogen-bond donors (Lipinski definition) is 5. The van der Waals surface area contributed by atoms with Crippen LogP contribution in [0.4, 0.5) is 0 Å². The minimum atomic E-state index is -1.33. The van der Waals surface area contributed by atoms with Gasteiger partial charge in [0.05, 0.1) is 12.2 Å². The summed E-state index contributed by atoms with van der Waals surface area (Å²) in [6, 6.07) is 0. The summed E-state index contributed by atoms with van der Waals surface area (Å²) in [5.41, 5.74) is -1.39. The van der Waals surface area contributed by atoms with Crippen molar-refractivity contribution in [3.63, 3.8) is 0 Å². The third kappa shape index (κ3) is 2.03. The molecule has 8 nitrogen and oxygen atoms in total. The molecule has 94 valence electrons. The van der Waals surface area contributed by atoms with Crippen LogP contribution in [0.3, 0.4) is 0 Å². The van der Waals surface area contributed by atoms with E-state index in [9.17, 15) is 19.8 Å². The molecule has 1 aromatic heterocycles. The zero-order chi connectivity index (χ0) is 12.6. The second kappa shape index (κ2) is 4.41. The Morgan fingerprint density at radius 2 is 2.00 bits per heavy atom. The highest BCUT2D eigenvalue weighted by Gasteiger charge is 2.44. The average Bonchev–Trinajstić information content (AvgIpc) is 2.57. The molecule has 0 aromatic carbocycles. The first kappa shape index (κ1) is 12.0. The van der Waals surface area contributed by atoms with Gasteiger partial charge in [-0.1, -0.05) is 0 Å². The molecule has 1 fully saturated rings. The second-order valence-electron chi connectivity index (χ2n) is 3.79. The number of hydrogen-bond acceptors (Lipinski definition) is 6. The standard InChI is InChI=1S/C9H12N2O6/c12-2-4-5(13)6(14)7(17-4)3-1-10-9(16)11-8(3)15/h1,4-7,12-14H,2H2,(H2,10,11,15,16)/t4-,5-,6-,7+/m1/s1/i7+1. The van der Waals surface area contributed by atoms with Crippen LogP contribution in [0.5, 0.6) is 0 Å². The maximum absolute atomic E-state index is 11.5. The fraction of sp³-hybridized carbons (Fsp3) is 0.556. The molecule has 0 aliphatic carbocycles. The molecule has 4 atom stereocenters. The number of aliphatic hydroxyl groups excluding tert-OH is 3. The molecule has 0 radical (unpaired) electrons. The van der Waals surface area contributed by atoms with Crippen LogP contribution in [0.25, 0.3) is 0 Å². The van der Waals surface area contributed by atoms with Gasteiger partial charge in [-0.15, -0.1) is 0 Å². The van der Waals surface area contributed by atoms with Gasteiger partial charge in [-0.2, -0.15) is 0 Å². The van der Waals surface area contributed by atoms with E-state index in [0.717, 1.165) is 6.20 Å². The molecule has 0 unspecified atom stereocenters. The SMILES string of the molecule is O=c1[nH]cc([13C@@H]2O[C@H](CO)[C@@H](O)[C@H]2O)c(=O)[nH]1. The molecular weight excluding hydrogens is 233 g/mol. The van der Waals surface area contributed by atoms with Crippen molar-refractivity contribution in [2.24, 2.45) is 0 Å². The van der Waals surface area contributed by atoms with E-state index in [1.165, 1.54) is 0 Å². The smallest absolute Gasteiger partial charge is 0.325 e. The molecule has 0 amide bonds. The van der Waals surface area contributed by atoms with Gasteiger partial charge in [-0.3, -0.25) is 9.78 Å². The lowest BCUT2D eigenvalue weighted by Crippen LogP contribution is -2.34. The molecular formula is C9H12N2O6. The maximum Gasteiger partial charge on any atom is 0.325 e. The number of H-pyrrole nitrogens is 2. The second-order valence-corrected chi connectivity index (χ2v) is 3.79. The van der Waals surface area contributed by atoms with Crippen molar-refractivity contribution in [3.05, 3.63) is 32.6 Å². The number of rotatable bonds is 2. The molecule has 1 saturated heterocycles. The lowest BCUT2D eigenvalue weighted by molar-refractivity contribution is -0.0232. The van der Waals surface area contributed by atoms with Gasteiger partial charge in [-0.25, -0.2) is 4.79 Å². The third-order valence-electron chi connectivity index (χ3n) is 2.70. The lowest BCUT2D eigenvalue weighted by atomic mass is 10.2. The van der Waals surface area contributed by atoms with Crippen LogP contribution in [-0.2, 0) is 4.74 Å². The van der Waals surface area contributed by atoms with Gasteiger partial charge < -0.3 is 25.0 Å². The van der Waals surface area contributed by atoms with E-state index in [1.54, 1.807) is 0 Å². The van der Waals surface area contributed by atoms with E-state index in [0.29, 0.717) is 0 Å². The van der Waals surface area contributed by atoms with Crippen molar-refractivity contribution < 1.29 is 20.1 Å². The Labute approximate surface area is 94.5 Å². The summed E-state index contributed by atoms with van der Waals surface area (Å²) in [5.74, 6) is 0. The van der Waals surface area contributed by atoms with E-state index >= 15 is 0 Å². The summed E-state index contributed by atoms with van der Waals surface area (Å²) >= 11 is 0. The Morgan fingerprint density at radius 3 is 2.53 bits per heavy atom. The van der Waals surface area contributed by atoms with Crippen LogP contribution in [0.1, 0.15) is 11.7 Å². The van der Waals surface area contributed by atoms with Crippen LogP contribution in [0, 0.1) is 0 Å². The first-order valence-electron chi connectivity index (χ1n) is 4.99. The zero-order valence-corrected chi connectivity index (χ0v) is 8.66. The largest absolute Gasteiger partial charge is 0.394 e. The quantitative estimate of drug-likeness (QED) is 0.357. The summed E-state index contributed by atoms with van der Waals surface area (Å²) in [7, 11) is 0. The van der Waals surface area contributed by atoms with E-state index in [-0.39, 0.29) is 5.56 Å². The van der Waals surface area contributed by atoms with Crippen molar-refractivity contribution in [1.82, 2.24) is 9.97 Å². The Hall–Kier alpha value is -1.48. The van der Waals surface area contributed by atoms with Crippen molar-refractivity contribution in [2.75, 3.05) is 6.61 Å². The van der Waals surface area contributed by atoms with Crippen LogP contribution in [-0.4, -0.2) is 50.2 Å². The molecule has 8 heteroatoms. The predicted molar refractivity (Wildman–Crippen MR) is 54.4 cm³/mol. The topological polar surface area (TPSA) is 136 Å². The highest BCUT2D eigenvalue weighted by Crippen LogP contribution is 2.31. The van der Waals surface area contributed by atoms with Crippen LogP contribution < -0.4 is 11.2 Å². The summed E-state index contributed by atoms with van der Waals surface area (Å²) in [6.07, 6.45) is -3.54. The van der Waals surface area contributed by atoms with Gasteiger partial charge in [0.25, 0.3) is 5.56 Å². The number of ether oxygens (including phenoxy) is 1.